The summed E-state index contributed by atoms with van der Waals surface area (Å²) in [5.41, 5.74) is 1.16. The lowest BCUT2D eigenvalue weighted by Crippen LogP contribution is -2.37. The topological polar surface area (TPSA) is 80.9 Å². The van der Waals surface area contributed by atoms with Crippen LogP contribution in [0.3, 0.4) is 0 Å². The van der Waals surface area contributed by atoms with E-state index in [9.17, 15) is 0 Å². The van der Waals surface area contributed by atoms with Crippen molar-refractivity contribution in [3.8, 4) is 11.5 Å². The number of rotatable bonds is 8. The molecule has 0 aliphatic rings. The van der Waals surface area contributed by atoms with Crippen molar-refractivity contribution in [2.45, 2.75) is 45.6 Å². The van der Waals surface area contributed by atoms with Crippen LogP contribution in [0.15, 0.2) is 33.8 Å². The lowest BCUT2D eigenvalue weighted by Gasteiger charge is -2.13. The number of nitrogens with one attached hydrogen (secondary N) is 2. The normalized spacial score (nSPS) is 12.0. The highest BCUT2D eigenvalue weighted by atomic mass is 16.5. The molecule has 28 heavy (non-hydrogen) atoms. The molecule has 1 aromatic carbocycles. The van der Waals surface area contributed by atoms with Gasteiger partial charge in [0.1, 0.15) is 5.76 Å². The van der Waals surface area contributed by atoms with E-state index in [0.29, 0.717) is 12.4 Å². The molecule has 0 saturated carbocycles. The van der Waals surface area contributed by atoms with Gasteiger partial charge in [-0.1, -0.05) is 26.8 Å². The van der Waals surface area contributed by atoms with Crippen molar-refractivity contribution in [1.82, 2.24) is 15.6 Å². The first-order valence-corrected chi connectivity index (χ1v) is 9.48. The van der Waals surface area contributed by atoms with E-state index in [-0.39, 0.29) is 5.41 Å². The van der Waals surface area contributed by atoms with Crippen LogP contribution in [-0.4, -0.2) is 38.8 Å². The SMILES string of the molecule is CN=C(NCCCc1ccc(OC)c(OC)c1)NCc1ncc(C(C)(C)C)o1. The smallest absolute Gasteiger partial charge is 0.213 e. The average Bonchev–Trinajstić information content (AvgIpc) is 3.16. The molecular weight excluding hydrogens is 356 g/mol. The first-order chi connectivity index (χ1) is 13.4. The minimum absolute atomic E-state index is 0.0463. The summed E-state index contributed by atoms with van der Waals surface area (Å²) in [7, 11) is 5.04. The van der Waals surface area contributed by atoms with Gasteiger partial charge in [0.25, 0.3) is 0 Å². The van der Waals surface area contributed by atoms with E-state index in [4.69, 9.17) is 13.9 Å². The van der Waals surface area contributed by atoms with Crippen LogP contribution < -0.4 is 20.1 Å². The Morgan fingerprint density at radius 2 is 1.89 bits per heavy atom. The molecule has 1 aromatic heterocycles. The number of aliphatic imine (C=N–C) groups is 1. The maximum atomic E-state index is 5.79. The molecule has 0 saturated heterocycles. The summed E-state index contributed by atoms with van der Waals surface area (Å²) in [6.45, 7) is 7.59. The predicted octanol–water partition coefficient (Wildman–Crippen LogP) is 3.29. The highest BCUT2D eigenvalue weighted by Crippen LogP contribution is 2.27. The van der Waals surface area contributed by atoms with Gasteiger partial charge in [0, 0.05) is 19.0 Å². The number of guanidine groups is 1. The number of nitrogens with zero attached hydrogens (tertiary/aromatic N) is 2. The molecule has 0 aliphatic carbocycles. The van der Waals surface area contributed by atoms with Crippen molar-refractivity contribution in [3.63, 3.8) is 0 Å². The standard InChI is InChI=1S/C21H32N4O3/c1-21(2,3)18-13-24-19(28-18)14-25-20(22-4)23-11-7-8-15-9-10-16(26-5)17(12-15)27-6/h9-10,12-13H,7-8,11,14H2,1-6H3,(H2,22,23,25). The summed E-state index contributed by atoms with van der Waals surface area (Å²) in [6, 6.07) is 6.01. The first-order valence-electron chi connectivity index (χ1n) is 9.48. The molecule has 0 radical (unpaired) electrons. The lowest BCUT2D eigenvalue weighted by atomic mass is 9.94. The molecule has 7 heteroatoms. The van der Waals surface area contributed by atoms with E-state index in [1.807, 2.05) is 12.1 Å². The summed E-state index contributed by atoms with van der Waals surface area (Å²) in [4.78, 5) is 8.56. The van der Waals surface area contributed by atoms with Crippen LogP contribution in [0, 0.1) is 0 Å². The Balaban J connectivity index is 1.76. The zero-order valence-corrected chi connectivity index (χ0v) is 17.8. The summed E-state index contributed by atoms with van der Waals surface area (Å²) in [5.74, 6) is 3.75. The highest BCUT2D eigenvalue weighted by Gasteiger charge is 2.19. The van der Waals surface area contributed by atoms with Crippen LogP contribution in [0.5, 0.6) is 11.5 Å². The molecule has 0 fully saturated rings. The zero-order valence-electron chi connectivity index (χ0n) is 17.8. The molecule has 0 atom stereocenters. The number of hydrogen-bond acceptors (Lipinski definition) is 5. The summed E-state index contributed by atoms with van der Waals surface area (Å²) < 4.78 is 16.4. The first kappa shape index (κ1) is 21.6. The molecule has 2 rings (SSSR count). The van der Waals surface area contributed by atoms with Crippen molar-refractivity contribution in [2.24, 2.45) is 4.99 Å². The van der Waals surface area contributed by atoms with E-state index in [1.54, 1.807) is 27.5 Å². The van der Waals surface area contributed by atoms with Gasteiger partial charge in [-0.15, -0.1) is 0 Å². The number of aromatic nitrogens is 1. The summed E-state index contributed by atoms with van der Waals surface area (Å²) in [5, 5.41) is 6.54. The second-order valence-electron chi connectivity index (χ2n) is 7.51. The number of hydrogen-bond donors (Lipinski definition) is 2. The van der Waals surface area contributed by atoms with Crippen molar-refractivity contribution >= 4 is 5.96 Å². The quantitative estimate of drug-likeness (QED) is 0.410. The predicted molar refractivity (Wildman–Crippen MR) is 111 cm³/mol. The van der Waals surface area contributed by atoms with Crippen molar-refractivity contribution in [3.05, 3.63) is 41.6 Å². The van der Waals surface area contributed by atoms with Gasteiger partial charge >= 0.3 is 0 Å². The van der Waals surface area contributed by atoms with E-state index in [2.05, 4.69) is 47.4 Å². The fourth-order valence-electron chi connectivity index (χ4n) is 2.65. The van der Waals surface area contributed by atoms with Gasteiger partial charge in [0.05, 0.1) is 27.0 Å². The number of methoxy groups -OCH3 is 2. The molecule has 0 unspecified atom stereocenters. The van der Waals surface area contributed by atoms with Crippen LogP contribution >= 0.6 is 0 Å². The fourth-order valence-corrected chi connectivity index (χ4v) is 2.65. The van der Waals surface area contributed by atoms with Gasteiger partial charge in [0.2, 0.25) is 5.89 Å². The minimum Gasteiger partial charge on any atom is -0.493 e. The molecular formula is C21H32N4O3. The van der Waals surface area contributed by atoms with Gasteiger partial charge in [-0.2, -0.15) is 0 Å². The van der Waals surface area contributed by atoms with E-state index >= 15 is 0 Å². The number of oxazole rings is 1. The lowest BCUT2D eigenvalue weighted by molar-refractivity contribution is 0.354. The van der Waals surface area contributed by atoms with Crippen molar-refractivity contribution < 1.29 is 13.9 Å². The van der Waals surface area contributed by atoms with Crippen molar-refractivity contribution in [2.75, 3.05) is 27.8 Å². The van der Waals surface area contributed by atoms with Gasteiger partial charge in [0.15, 0.2) is 17.5 Å². The summed E-state index contributed by atoms with van der Waals surface area (Å²) in [6.07, 6.45) is 3.68. The third kappa shape index (κ3) is 6.18. The van der Waals surface area contributed by atoms with Gasteiger partial charge < -0.3 is 24.5 Å². The average molecular weight is 389 g/mol. The second-order valence-corrected chi connectivity index (χ2v) is 7.51. The highest BCUT2D eigenvalue weighted by molar-refractivity contribution is 5.79. The van der Waals surface area contributed by atoms with Crippen LogP contribution in [0.4, 0.5) is 0 Å². The van der Waals surface area contributed by atoms with E-state index in [0.717, 1.165) is 42.6 Å². The summed E-state index contributed by atoms with van der Waals surface area (Å²) >= 11 is 0. The number of aryl methyl sites for hydroxylation is 1. The Morgan fingerprint density at radius 1 is 1.14 bits per heavy atom. The molecule has 0 amide bonds. The largest absolute Gasteiger partial charge is 0.493 e. The molecule has 2 N–H and O–H groups in total. The monoisotopic (exact) mass is 388 g/mol. The van der Waals surface area contributed by atoms with Crippen LogP contribution in [0.1, 0.15) is 44.4 Å². The van der Waals surface area contributed by atoms with E-state index in [1.165, 1.54) is 5.56 Å². The van der Waals surface area contributed by atoms with Crippen LogP contribution in [-0.2, 0) is 18.4 Å². The molecule has 154 valence electrons. The van der Waals surface area contributed by atoms with Gasteiger partial charge in [-0.25, -0.2) is 4.98 Å². The minimum atomic E-state index is -0.0463. The molecule has 7 nitrogen and oxygen atoms in total. The Bertz CT molecular complexity index is 778. The number of ether oxygens (including phenoxy) is 2. The molecule has 1 heterocycles. The second kappa shape index (κ2) is 10.0. The number of benzene rings is 1. The molecule has 2 aromatic rings. The Kier molecular flexibility index (Phi) is 7.72. The Hall–Kier alpha value is -2.70. The zero-order chi connectivity index (χ0) is 20.6. The molecule has 0 spiro atoms. The van der Waals surface area contributed by atoms with E-state index < -0.39 is 0 Å². The molecule has 0 aliphatic heterocycles. The maximum absolute atomic E-state index is 5.79. The molecule has 0 bridgehead atoms. The van der Waals surface area contributed by atoms with Crippen molar-refractivity contribution in [1.29, 1.82) is 0 Å². The Labute approximate surface area is 167 Å². The maximum Gasteiger partial charge on any atom is 0.213 e. The van der Waals surface area contributed by atoms with Crippen LogP contribution in [0.2, 0.25) is 0 Å². The third-order valence-electron chi connectivity index (χ3n) is 4.31. The van der Waals surface area contributed by atoms with Gasteiger partial charge in [-0.05, 0) is 30.5 Å². The fraction of sp³-hybridized carbons (Fsp3) is 0.524. The van der Waals surface area contributed by atoms with Crippen LogP contribution in [0.25, 0.3) is 0 Å². The Morgan fingerprint density at radius 3 is 2.50 bits per heavy atom. The third-order valence-corrected chi connectivity index (χ3v) is 4.31. The van der Waals surface area contributed by atoms with Gasteiger partial charge in [-0.3, -0.25) is 4.99 Å².